The molecule has 24 heavy (non-hydrogen) atoms. The highest BCUT2D eigenvalue weighted by atomic mass is 16.7. The molecular weight excluding hydrogens is 306 g/mol. The number of carbonyl (C=O) groups is 1. The molecule has 5 heteroatoms. The lowest BCUT2D eigenvalue weighted by atomic mass is 9.90. The monoisotopic (exact) mass is 333 g/mol. The van der Waals surface area contributed by atoms with Crippen molar-refractivity contribution in [2.24, 2.45) is 11.8 Å². The number of hydrogen-bond acceptors (Lipinski definition) is 4. The number of likely N-dealkylation sites (N-methyl/N-ethyl adjacent to an activating group) is 1. The van der Waals surface area contributed by atoms with Crippen LogP contribution in [0.15, 0.2) is 36.1 Å². The molecule has 0 aromatic heterocycles. The number of hydrogen-bond donors (Lipinski definition) is 1. The van der Waals surface area contributed by atoms with Gasteiger partial charge in [0.2, 0.25) is 6.29 Å². The molecular formula is C19H27NO4. The minimum absolute atomic E-state index is 0.0315. The lowest BCUT2D eigenvalue weighted by Crippen LogP contribution is -2.33. The first-order valence-electron chi connectivity index (χ1n) is 8.31. The van der Waals surface area contributed by atoms with Crippen LogP contribution in [-0.2, 0) is 27.5 Å². The van der Waals surface area contributed by atoms with Gasteiger partial charge in [-0.15, -0.1) is 0 Å². The number of ether oxygens (including phenoxy) is 2. The minimum Gasteiger partial charge on any atom is -0.459 e. The van der Waals surface area contributed by atoms with Crippen molar-refractivity contribution in [3.05, 3.63) is 47.2 Å². The average Bonchev–Trinajstić information content (AvgIpc) is 2.59. The fraction of sp³-hybridized carbons (Fsp3) is 0.526. The summed E-state index contributed by atoms with van der Waals surface area (Å²) in [5.74, 6) is 0.889. The van der Waals surface area contributed by atoms with Crippen LogP contribution in [0.5, 0.6) is 0 Å². The van der Waals surface area contributed by atoms with Gasteiger partial charge in [-0.05, 0) is 29.0 Å². The van der Waals surface area contributed by atoms with Crippen molar-refractivity contribution in [3.8, 4) is 0 Å². The maximum absolute atomic E-state index is 12.2. The third kappa shape index (κ3) is 4.82. The van der Waals surface area contributed by atoms with Gasteiger partial charge in [0.05, 0.1) is 13.2 Å². The van der Waals surface area contributed by atoms with E-state index in [9.17, 15) is 4.79 Å². The molecule has 1 amide bonds. The topological polar surface area (TPSA) is 59.0 Å². The van der Waals surface area contributed by atoms with Crippen LogP contribution < -0.4 is 0 Å². The smallest absolute Gasteiger partial charge is 0.288 e. The van der Waals surface area contributed by atoms with Crippen molar-refractivity contribution >= 4 is 5.91 Å². The predicted octanol–water partition coefficient (Wildman–Crippen LogP) is 2.69. The van der Waals surface area contributed by atoms with Gasteiger partial charge >= 0.3 is 0 Å². The van der Waals surface area contributed by atoms with Crippen LogP contribution in [0, 0.1) is 11.8 Å². The van der Waals surface area contributed by atoms with E-state index in [0.29, 0.717) is 18.3 Å². The first-order valence-corrected chi connectivity index (χ1v) is 8.31. The number of aliphatic hydroxyl groups excluding tert-OH is 1. The van der Waals surface area contributed by atoms with Crippen LogP contribution in [0.4, 0.5) is 0 Å². The van der Waals surface area contributed by atoms with Crippen LogP contribution in [0.3, 0.4) is 0 Å². The molecule has 0 spiro atoms. The largest absolute Gasteiger partial charge is 0.459 e. The first kappa shape index (κ1) is 18.5. The van der Waals surface area contributed by atoms with Gasteiger partial charge in [0.15, 0.2) is 5.76 Å². The number of aliphatic hydroxyl groups is 1. The lowest BCUT2D eigenvalue weighted by molar-refractivity contribution is -0.158. The number of rotatable bonds is 6. The molecule has 1 aromatic rings. The summed E-state index contributed by atoms with van der Waals surface area (Å²) in [4.78, 5) is 13.7. The zero-order chi connectivity index (χ0) is 17.7. The van der Waals surface area contributed by atoms with Gasteiger partial charge in [-0.3, -0.25) is 4.79 Å². The Bertz CT molecular complexity index is 578. The van der Waals surface area contributed by atoms with E-state index in [0.717, 1.165) is 17.5 Å². The van der Waals surface area contributed by atoms with Crippen LogP contribution in [-0.4, -0.2) is 36.3 Å². The average molecular weight is 333 g/mol. The molecule has 5 nitrogen and oxygen atoms in total. The summed E-state index contributed by atoms with van der Waals surface area (Å²) in [6, 6.07) is 7.60. The molecule has 1 aromatic carbocycles. The Morgan fingerprint density at radius 2 is 1.92 bits per heavy atom. The molecule has 2 atom stereocenters. The van der Waals surface area contributed by atoms with Crippen LogP contribution >= 0.6 is 0 Å². The Balaban J connectivity index is 2.01. The standard InChI is InChI=1S/C19H27NO4/c1-13(2)16-9-17(19(22)20(3)4)24-18(10-16)23-12-15-7-5-14(11-21)6-8-15/h5-9,13,16,18,21H,10-12H2,1-4H3/t16-,18+/m1/s1. The van der Waals surface area contributed by atoms with Crippen molar-refractivity contribution < 1.29 is 19.4 Å². The summed E-state index contributed by atoms with van der Waals surface area (Å²) in [5.41, 5.74) is 1.88. The van der Waals surface area contributed by atoms with Gasteiger partial charge in [-0.1, -0.05) is 38.1 Å². The summed E-state index contributed by atoms with van der Waals surface area (Å²) in [5, 5.41) is 9.08. The number of allylic oxidation sites excluding steroid dienone is 1. The van der Waals surface area contributed by atoms with Gasteiger partial charge in [0, 0.05) is 20.5 Å². The van der Waals surface area contributed by atoms with E-state index in [-0.39, 0.29) is 18.4 Å². The Morgan fingerprint density at radius 3 is 2.46 bits per heavy atom. The van der Waals surface area contributed by atoms with E-state index in [1.807, 2.05) is 30.3 Å². The highest BCUT2D eigenvalue weighted by Gasteiger charge is 2.29. The van der Waals surface area contributed by atoms with Crippen molar-refractivity contribution in [2.75, 3.05) is 14.1 Å². The third-order valence-electron chi connectivity index (χ3n) is 4.20. The second-order valence-electron chi connectivity index (χ2n) is 6.71. The van der Waals surface area contributed by atoms with Crippen LogP contribution in [0.1, 0.15) is 31.4 Å². The van der Waals surface area contributed by atoms with Crippen LogP contribution in [0.25, 0.3) is 0 Å². The highest BCUT2D eigenvalue weighted by Crippen LogP contribution is 2.29. The number of benzene rings is 1. The molecule has 132 valence electrons. The van der Waals surface area contributed by atoms with E-state index < -0.39 is 6.29 Å². The van der Waals surface area contributed by atoms with Crippen molar-refractivity contribution in [1.82, 2.24) is 4.90 Å². The zero-order valence-electron chi connectivity index (χ0n) is 14.9. The van der Waals surface area contributed by atoms with E-state index in [1.54, 1.807) is 14.1 Å². The van der Waals surface area contributed by atoms with Crippen molar-refractivity contribution in [2.45, 2.75) is 39.8 Å². The molecule has 1 N–H and O–H groups in total. The molecule has 0 bridgehead atoms. The summed E-state index contributed by atoms with van der Waals surface area (Å²) < 4.78 is 11.7. The molecule has 2 rings (SSSR count). The number of nitrogens with zero attached hydrogens (tertiary/aromatic N) is 1. The van der Waals surface area contributed by atoms with E-state index in [4.69, 9.17) is 14.6 Å². The fourth-order valence-corrected chi connectivity index (χ4v) is 2.55. The predicted molar refractivity (Wildman–Crippen MR) is 91.7 cm³/mol. The van der Waals surface area contributed by atoms with E-state index in [2.05, 4.69) is 13.8 Å². The first-order chi connectivity index (χ1) is 11.4. The molecule has 0 saturated carbocycles. The lowest BCUT2D eigenvalue weighted by Gasteiger charge is -2.31. The summed E-state index contributed by atoms with van der Waals surface area (Å²) in [6.07, 6.45) is 2.22. The minimum atomic E-state index is -0.432. The molecule has 1 aliphatic rings. The van der Waals surface area contributed by atoms with Gasteiger partial charge in [-0.2, -0.15) is 0 Å². The summed E-state index contributed by atoms with van der Waals surface area (Å²) in [6.45, 7) is 4.71. The molecule has 0 radical (unpaired) electrons. The molecule has 1 heterocycles. The fourth-order valence-electron chi connectivity index (χ4n) is 2.55. The third-order valence-corrected chi connectivity index (χ3v) is 4.20. The van der Waals surface area contributed by atoms with Crippen LogP contribution in [0.2, 0.25) is 0 Å². The molecule has 0 aliphatic carbocycles. The Morgan fingerprint density at radius 1 is 1.29 bits per heavy atom. The van der Waals surface area contributed by atoms with Gasteiger partial charge in [0.25, 0.3) is 5.91 Å². The number of carbonyl (C=O) groups excluding carboxylic acids is 1. The van der Waals surface area contributed by atoms with Gasteiger partial charge < -0.3 is 19.5 Å². The van der Waals surface area contributed by atoms with Gasteiger partial charge in [-0.25, -0.2) is 0 Å². The molecule has 0 fully saturated rings. The maximum Gasteiger partial charge on any atom is 0.288 e. The molecule has 0 saturated heterocycles. The normalized spacial score (nSPS) is 20.5. The van der Waals surface area contributed by atoms with Crippen molar-refractivity contribution in [3.63, 3.8) is 0 Å². The maximum atomic E-state index is 12.2. The SMILES string of the molecule is CC(C)[C@@H]1C=C(C(=O)N(C)C)O[C@H](OCc2ccc(CO)cc2)C1. The highest BCUT2D eigenvalue weighted by molar-refractivity contribution is 5.91. The quantitative estimate of drug-likeness (QED) is 0.869. The Labute approximate surface area is 143 Å². The second kappa shape index (κ2) is 8.31. The number of amides is 1. The Hall–Kier alpha value is -1.85. The van der Waals surface area contributed by atoms with Gasteiger partial charge in [0.1, 0.15) is 0 Å². The molecule has 1 aliphatic heterocycles. The summed E-state index contributed by atoms with van der Waals surface area (Å²) >= 11 is 0. The second-order valence-corrected chi connectivity index (χ2v) is 6.71. The zero-order valence-corrected chi connectivity index (χ0v) is 14.9. The van der Waals surface area contributed by atoms with E-state index in [1.165, 1.54) is 4.90 Å². The Kier molecular flexibility index (Phi) is 6.40. The van der Waals surface area contributed by atoms with Crippen molar-refractivity contribution in [1.29, 1.82) is 0 Å². The summed E-state index contributed by atoms with van der Waals surface area (Å²) in [7, 11) is 3.42. The van der Waals surface area contributed by atoms with E-state index >= 15 is 0 Å². The molecule has 0 unspecified atom stereocenters.